The van der Waals surface area contributed by atoms with Crippen LogP contribution in [0.25, 0.3) is 10.9 Å². The van der Waals surface area contributed by atoms with Gasteiger partial charge < -0.3 is 9.26 Å². The number of nitrogens with zero attached hydrogens (tertiary/aromatic N) is 4. The summed E-state index contributed by atoms with van der Waals surface area (Å²) in [7, 11) is 1.39. The van der Waals surface area contributed by atoms with E-state index in [9.17, 15) is 9.59 Å². The Morgan fingerprint density at radius 2 is 2.00 bits per heavy atom. The largest absolute Gasteiger partial charge is 0.469 e. The summed E-state index contributed by atoms with van der Waals surface area (Å²) in [6.07, 6.45) is 5.58. The minimum absolute atomic E-state index is 0.0626. The predicted molar refractivity (Wildman–Crippen MR) is 124 cm³/mol. The van der Waals surface area contributed by atoms with Gasteiger partial charge in [-0.3, -0.25) is 14.2 Å². The SMILES string of the molecule is CCCCc1noc([C@@H](C)Sc2nc3ccccc3c(=O)n2CCCCCC(=O)OC)n1. The zero-order valence-electron chi connectivity index (χ0n) is 18.9. The van der Waals surface area contributed by atoms with Crippen LogP contribution < -0.4 is 5.56 Å². The lowest BCUT2D eigenvalue weighted by molar-refractivity contribution is -0.140. The molecule has 3 aromatic rings. The topological polar surface area (TPSA) is 100 Å². The predicted octanol–water partition coefficient (Wildman–Crippen LogP) is 4.71. The number of carbonyl (C=O) groups excluding carboxylic acids is 1. The first-order chi connectivity index (χ1) is 15.5. The van der Waals surface area contributed by atoms with Crippen LogP contribution in [0.2, 0.25) is 0 Å². The Bertz CT molecular complexity index is 1100. The molecule has 0 radical (unpaired) electrons. The van der Waals surface area contributed by atoms with Crippen LogP contribution in [0.5, 0.6) is 0 Å². The molecule has 172 valence electrons. The number of hydrogen-bond donors (Lipinski definition) is 0. The van der Waals surface area contributed by atoms with Gasteiger partial charge in [0.15, 0.2) is 11.0 Å². The maximum atomic E-state index is 13.2. The van der Waals surface area contributed by atoms with Gasteiger partial charge >= 0.3 is 5.97 Å². The summed E-state index contributed by atoms with van der Waals surface area (Å²) in [5, 5.41) is 5.15. The fourth-order valence-electron chi connectivity index (χ4n) is 3.33. The number of rotatable bonds is 12. The lowest BCUT2D eigenvalue weighted by Crippen LogP contribution is -2.23. The molecule has 0 N–H and O–H groups in total. The van der Waals surface area contributed by atoms with Gasteiger partial charge in [0.25, 0.3) is 5.56 Å². The van der Waals surface area contributed by atoms with Gasteiger partial charge in [-0.25, -0.2) is 4.98 Å². The zero-order chi connectivity index (χ0) is 22.9. The molecule has 0 amide bonds. The fourth-order valence-corrected chi connectivity index (χ4v) is 4.30. The molecule has 0 unspecified atom stereocenters. The second-order valence-electron chi connectivity index (χ2n) is 7.67. The van der Waals surface area contributed by atoms with Crippen molar-refractivity contribution in [3.05, 3.63) is 46.3 Å². The molecule has 0 saturated heterocycles. The molecule has 0 aliphatic heterocycles. The second-order valence-corrected chi connectivity index (χ2v) is 8.98. The highest BCUT2D eigenvalue weighted by atomic mass is 32.2. The molecule has 0 aliphatic rings. The third-order valence-corrected chi connectivity index (χ3v) is 6.26. The minimum atomic E-state index is -0.211. The summed E-state index contributed by atoms with van der Waals surface area (Å²) < 4.78 is 11.9. The molecule has 3 rings (SSSR count). The molecular weight excluding hydrogens is 428 g/mol. The number of hydrogen-bond acceptors (Lipinski definition) is 8. The van der Waals surface area contributed by atoms with Gasteiger partial charge in [-0.1, -0.05) is 48.8 Å². The highest BCUT2D eigenvalue weighted by Gasteiger charge is 2.20. The summed E-state index contributed by atoms with van der Waals surface area (Å²) >= 11 is 1.44. The van der Waals surface area contributed by atoms with Gasteiger partial charge in [-0.15, -0.1) is 0 Å². The Balaban J connectivity index is 1.78. The Morgan fingerprint density at radius 1 is 1.19 bits per heavy atom. The lowest BCUT2D eigenvalue weighted by atomic mass is 10.2. The van der Waals surface area contributed by atoms with Gasteiger partial charge in [0.1, 0.15) is 0 Å². The van der Waals surface area contributed by atoms with Gasteiger partial charge in [-0.05, 0) is 38.3 Å². The molecule has 0 saturated carbocycles. The van der Waals surface area contributed by atoms with Gasteiger partial charge in [0.05, 0.1) is 23.3 Å². The fraction of sp³-hybridized carbons (Fsp3) is 0.522. The van der Waals surface area contributed by atoms with Crippen LogP contribution in [-0.4, -0.2) is 32.8 Å². The molecule has 2 heterocycles. The third-order valence-electron chi connectivity index (χ3n) is 5.18. The van der Waals surface area contributed by atoms with Crippen molar-refractivity contribution in [3.63, 3.8) is 0 Å². The number of thioether (sulfide) groups is 1. The number of aromatic nitrogens is 4. The number of aryl methyl sites for hydroxylation is 1. The number of unbranched alkanes of at least 4 members (excludes halogenated alkanes) is 3. The van der Waals surface area contributed by atoms with Gasteiger partial charge in [0, 0.05) is 19.4 Å². The normalized spacial score (nSPS) is 12.2. The highest BCUT2D eigenvalue weighted by molar-refractivity contribution is 7.99. The molecule has 32 heavy (non-hydrogen) atoms. The van der Waals surface area contributed by atoms with Crippen molar-refractivity contribution in [2.45, 2.75) is 75.7 Å². The maximum Gasteiger partial charge on any atom is 0.305 e. The van der Waals surface area contributed by atoms with Crippen LogP contribution >= 0.6 is 11.8 Å². The van der Waals surface area contributed by atoms with E-state index in [1.165, 1.54) is 18.9 Å². The monoisotopic (exact) mass is 458 g/mol. The van der Waals surface area contributed by atoms with E-state index in [1.807, 2.05) is 25.1 Å². The number of para-hydroxylation sites is 1. The number of benzene rings is 1. The molecule has 0 fully saturated rings. The Hall–Kier alpha value is -2.68. The van der Waals surface area contributed by atoms with Crippen molar-refractivity contribution in [2.24, 2.45) is 0 Å². The summed E-state index contributed by atoms with van der Waals surface area (Å²) in [6.45, 7) is 4.63. The molecular formula is C23H30N4O4S. The third kappa shape index (κ3) is 6.18. The molecule has 8 nitrogen and oxygen atoms in total. The molecule has 2 aromatic heterocycles. The lowest BCUT2D eigenvalue weighted by Gasteiger charge is -2.14. The van der Waals surface area contributed by atoms with Crippen LogP contribution in [0.15, 0.2) is 38.7 Å². The summed E-state index contributed by atoms with van der Waals surface area (Å²) in [5.74, 6) is 1.04. The highest BCUT2D eigenvalue weighted by Crippen LogP contribution is 2.33. The molecule has 9 heteroatoms. The quantitative estimate of drug-likeness (QED) is 0.166. The molecule has 1 aromatic carbocycles. The van der Waals surface area contributed by atoms with Crippen molar-refractivity contribution in [1.29, 1.82) is 0 Å². The Kier molecular flexibility index (Phi) is 8.84. The van der Waals surface area contributed by atoms with Crippen molar-refractivity contribution in [1.82, 2.24) is 19.7 Å². The minimum Gasteiger partial charge on any atom is -0.469 e. The number of esters is 1. The maximum absolute atomic E-state index is 13.2. The number of carbonyl (C=O) groups is 1. The van der Waals surface area contributed by atoms with Crippen LogP contribution in [0.1, 0.15) is 69.3 Å². The van der Waals surface area contributed by atoms with Crippen LogP contribution in [0.3, 0.4) is 0 Å². The zero-order valence-corrected chi connectivity index (χ0v) is 19.7. The number of methoxy groups -OCH3 is 1. The first-order valence-electron chi connectivity index (χ1n) is 11.1. The van der Waals surface area contributed by atoms with E-state index < -0.39 is 0 Å². The molecule has 0 aliphatic carbocycles. The van der Waals surface area contributed by atoms with Crippen LogP contribution in [0.4, 0.5) is 0 Å². The number of ether oxygens (including phenoxy) is 1. The van der Waals surface area contributed by atoms with Gasteiger partial charge in [-0.2, -0.15) is 4.98 Å². The second kappa shape index (κ2) is 11.8. The van der Waals surface area contributed by atoms with Crippen molar-refractivity contribution >= 4 is 28.6 Å². The summed E-state index contributed by atoms with van der Waals surface area (Å²) in [5.41, 5.74) is 0.607. The van der Waals surface area contributed by atoms with E-state index in [0.717, 1.165) is 38.5 Å². The summed E-state index contributed by atoms with van der Waals surface area (Å²) in [6, 6.07) is 7.37. The average Bonchev–Trinajstić information content (AvgIpc) is 3.28. The Labute approximate surface area is 191 Å². The van der Waals surface area contributed by atoms with E-state index >= 15 is 0 Å². The van der Waals surface area contributed by atoms with Crippen LogP contribution in [-0.2, 0) is 22.5 Å². The van der Waals surface area contributed by atoms with E-state index in [-0.39, 0.29) is 16.8 Å². The first kappa shape index (κ1) is 24.0. The smallest absolute Gasteiger partial charge is 0.305 e. The Morgan fingerprint density at radius 3 is 2.78 bits per heavy atom. The average molecular weight is 459 g/mol. The van der Waals surface area contributed by atoms with Crippen molar-refractivity contribution < 1.29 is 14.1 Å². The van der Waals surface area contributed by atoms with E-state index in [4.69, 9.17) is 9.51 Å². The van der Waals surface area contributed by atoms with Crippen LogP contribution in [0, 0.1) is 0 Å². The number of fused-ring (bicyclic) bond motifs is 1. The molecule has 1 atom stereocenters. The first-order valence-corrected chi connectivity index (χ1v) is 12.0. The standard InChI is InChI=1S/C23H30N4O4S/c1-4-5-13-19-25-21(31-26-19)16(2)32-23-24-18-12-9-8-11-17(18)22(29)27(23)15-10-6-7-14-20(28)30-3/h8-9,11-12,16H,4-7,10,13-15H2,1-3H3/t16-/m1/s1. The molecule has 0 bridgehead atoms. The van der Waals surface area contributed by atoms with E-state index in [0.29, 0.717) is 40.7 Å². The van der Waals surface area contributed by atoms with Gasteiger partial charge in [0.2, 0.25) is 5.89 Å². The van der Waals surface area contributed by atoms with Crippen molar-refractivity contribution in [2.75, 3.05) is 7.11 Å². The van der Waals surface area contributed by atoms with Crippen molar-refractivity contribution in [3.8, 4) is 0 Å². The summed E-state index contributed by atoms with van der Waals surface area (Å²) in [4.78, 5) is 33.8. The van der Waals surface area contributed by atoms with E-state index in [1.54, 1.807) is 10.6 Å². The molecule has 0 spiro atoms. The van der Waals surface area contributed by atoms with E-state index in [2.05, 4.69) is 21.8 Å².